The Morgan fingerprint density at radius 1 is 1.17 bits per heavy atom. The Bertz CT molecular complexity index is 549. The molecule has 1 heterocycles. The van der Waals surface area contributed by atoms with E-state index in [1.165, 1.54) is 6.07 Å². The predicted octanol–water partition coefficient (Wildman–Crippen LogP) is -0.303. The van der Waals surface area contributed by atoms with Crippen molar-refractivity contribution in [1.82, 2.24) is 10.6 Å². The van der Waals surface area contributed by atoms with Crippen molar-refractivity contribution in [2.24, 2.45) is 4.99 Å². The van der Waals surface area contributed by atoms with E-state index in [9.17, 15) is 19.7 Å². The molecule has 2 rings (SSSR count). The highest BCUT2D eigenvalue weighted by molar-refractivity contribution is 6.45. The van der Waals surface area contributed by atoms with Crippen LogP contribution in [-0.2, 0) is 16.1 Å². The number of nitrogens with zero attached hydrogens (tertiary/aromatic N) is 2. The maximum absolute atomic E-state index is 10.9. The molecule has 0 spiro atoms. The summed E-state index contributed by atoms with van der Waals surface area (Å²) in [5, 5.41) is 15.1. The minimum Gasteiger partial charge on any atom is -0.288 e. The molecule has 8 nitrogen and oxygen atoms in total. The molecule has 0 bridgehead atoms. The van der Waals surface area contributed by atoms with E-state index in [1.54, 1.807) is 18.2 Å². The number of para-hydroxylation sites is 1. The molecule has 0 aromatic heterocycles. The van der Waals surface area contributed by atoms with Crippen LogP contribution in [0, 0.1) is 10.1 Å². The van der Waals surface area contributed by atoms with Gasteiger partial charge >= 0.3 is 11.8 Å². The van der Waals surface area contributed by atoms with E-state index in [4.69, 9.17) is 0 Å². The van der Waals surface area contributed by atoms with Crippen LogP contribution in [0.1, 0.15) is 5.56 Å². The lowest BCUT2D eigenvalue weighted by Gasteiger charge is -2.00. The number of hydrogen-bond acceptors (Lipinski definition) is 5. The van der Waals surface area contributed by atoms with Gasteiger partial charge in [-0.1, -0.05) is 18.2 Å². The zero-order valence-corrected chi connectivity index (χ0v) is 9.04. The lowest BCUT2D eigenvalue weighted by Crippen LogP contribution is -2.25. The SMILES string of the molecule is O=C1NC(=NCc2ccccc2[N+](=O)[O-])NC1=O. The molecule has 1 aliphatic rings. The average molecular weight is 248 g/mol. The lowest BCUT2D eigenvalue weighted by molar-refractivity contribution is -0.385. The van der Waals surface area contributed by atoms with E-state index in [-0.39, 0.29) is 18.2 Å². The number of hydrogen-bond donors (Lipinski definition) is 2. The third-order valence-corrected chi connectivity index (χ3v) is 2.27. The standard InChI is InChI=1S/C10H8N4O4/c15-8-9(16)13-10(12-8)11-5-6-3-1-2-4-7(6)14(17)18/h1-4H,5H2,(H2,11,12,13,15,16). The van der Waals surface area contributed by atoms with E-state index >= 15 is 0 Å². The number of nitrogens with one attached hydrogen (secondary N) is 2. The highest BCUT2D eigenvalue weighted by Crippen LogP contribution is 2.18. The Morgan fingerprint density at radius 3 is 2.39 bits per heavy atom. The molecule has 1 saturated heterocycles. The van der Waals surface area contributed by atoms with Crippen molar-refractivity contribution in [2.75, 3.05) is 0 Å². The molecule has 1 aromatic carbocycles. The summed E-state index contributed by atoms with van der Waals surface area (Å²) in [6, 6.07) is 6.12. The minimum atomic E-state index is -0.795. The Kier molecular flexibility index (Phi) is 3.00. The molecule has 1 aliphatic heterocycles. The highest BCUT2D eigenvalue weighted by atomic mass is 16.6. The minimum absolute atomic E-state index is 0.00292. The van der Waals surface area contributed by atoms with Crippen molar-refractivity contribution in [3.8, 4) is 0 Å². The molecule has 1 aromatic rings. The van der Waals surface area contributed by atoms with Crippen LogP contribution in [0.25, 0.3) is 0 Å². The van der Waals surface area contributed by atoms with E-state index < -0.39 is 16.7 Å². The predicted molar refractivity (Wildman–Crippen MR) is 60.5 cm³/mol. The lowest BCUT2D eigenvalue weighted by atomic mass is 10.2. The van der Waals surface area contributed by atoms with Gasteiger partial charge in [-0.25, -0.2) is 4.99 Å². The van der Waals surface area contributed by atoms with Crippen molar-refractivity contribution in [1.29, 1.82) is 0 Å². The van der Waals surface area contributed by atoms with Gasteiger partial charge in [0.2, 0.25) is 5.96 Å². The van der Waals surface area contributed by atoms with E-state index in [1.807, 2.05) is 0 Å². The van der Waals surface area contributed by atoms with Gasteiger partial charge in [0.05, 0.1) is 17.0 Å². The van der Waals surface area contributed by atoms with Gasteiger partial charge in [0, 0.05) is 6.07 Å². The molecule has 0 aliphatic carbocycles. The molecule has 8 heteroatoms. The average Bonchev–Trinajstić information content (AvgIpc) is 2.66. The van der Waals surface area contributed by atoms with Gasteiger partial charge in [-0.2, -0.15) is 0 Å². The fourth-order valence-electron chi connectivity index (χ4n) is 1.43. The molecule has 2 N–H and O–H groups in total. The number of carbonyl (C=O) groups excluding carboxylic acids is 2. The first-order valence-electron chi connectivity index (χ1n) is 4.97. The second kappa shape index (κ2) is 4.62. The Hall–Kier alpha value is -2.77. The van der Waals surface area contributed by atoms with Crippen molar-refractivity contribution in [3.63, 3.8) is 0 Å². The number of benzene rings is 1. The van der Waals surface area contributed by atoms with Gasteiger partial charge < -0.3 is 0 Å². The van der Waals surface area contributed by atoms with Gasteiger partial charge in [-0.15, -0.1) is 0 Å². The number of aliphatic imine (C=N–C) groups is 1. The molecule has 92 valence electrons. The van der Waals surface area contributed by atoms with Gasteiger partial charge in [-0.3, -0.25) is 30.3 Å². The molecule has 0 radical (unpaired) electrons. The maximum Gasteiger partial charge on any atom is 0.316 e. The van der Waals surface area contributed by atoms with Crippen LogP contribution in [0.5, 0.6) is 0 Å². The number of carbonyl (C=O) groups is 2. The summed E-state index contributed by atoms with van der Waals surface area (Å²) in [6.07, 6.45) is 0. The van der Waals surface area contributed by atoms with E-state index in [2.05, 4.69) is 15.6 Å². The molecule has 0 atom stereocenters. The van der Waals surface area contributed by atoms with E-state index in [0.717, 1.165) is 0 Å². The van der Waals surface area contributed by atoms with Crippen molar-refractivity contribution >= 4 is 23.5 Å². The smallest absolute Gasteiger partial charge is 0.288 e. The van der Waals surface area contributed by atoms with Crippen LogP contribution in [0.4, 0.5) is 5.69 Å². The number of guanidine groups is 1. The second-order valence-electron chi connectivity index (χ2n) is 3.46. The largest absolute Gasteiger partial charge is 0.316 e. The fraction of sp³-hybridized carbons (Fsp3) is 0.100. The molecular weight excluding hydrogens is 240 g/mol. The van der Waals surface area contributed by atoms with Gasteiger partial charge in [0.25, 0.3) is 5.69 Å². The van der Waals surface area contributed by atoms with Crippen LogP contribution in [0.2, 0.25) is 0 Å². The molecular formula is C10H8N4O4. The zero-order valence-electron chi connectivity index (χ0n) is 9.04. The maximum atomic E-state index is 10.9. The first-order chi connectivity index (χ1) is 8.58. The quantitative estimate of drug-likeness (QED) is 0.434. The first kappa shape index (κ1) is 11.7. The summed E-state index contributed by atoms with van der Waals surface area (Å²) >= 11 is 0. The normalized spacial score (nSPS) is 14.1. The monoisotopic (exact) mass is 248 g/mol. The molecule has 2 amide bonds. The summed E-state index contributed by atoms with van der Waals surface area (Å²) in [4.78, 5) is 35.8. The summed E-state index contributed by atoms with van der Waals surface area (Å²) < 4.78 is 0. The summed E-state index contributed by atoms with van der Waals surface area (Å²) in [5.74, 6) is -1.59. The number of nitro benzene ring substituents is 1. The summed E-state index contributed by atoms with van der Waals surface area (Å²) in [7, 11) is 0. The fourth-order valence-corrected chi connectivity index (χ4v) is 1.43. The van der Waals surface area contributed by atoms with Crippen molar-refractivity contribution in [2.45, 2.75) is 6.54 Å². The van der Waals surface area contributed by atoms with Gasteiger partial charge in [0.1, 0.15) is 0 Å². The zero-order chi connectivity index (χ0) is 13.1. The van der Waals surface area contributed by atoms with E-state index in [0.29, 0.717) is 5.56 Å². The van der Waals surface area contributed by atoms with Crippen LogP contribution in [0.15, 0.2) is 29.3 Å². The summed E-state index contributed by atoms with van der Waals surface area (Å²) in [5.41, 5.74) is 0.336. The highest BCUT2D eigenvalue weighted by Gasteiger charge is 2.25. The molecule has 1 fully saturated rings. The van der Waals surface area contributed by atoms with Crippen LogP contribution >= 0.6 is 0 Å². The van der Waals surface area contributed by atoms with Crippen molar-refractivity contribution in [3.05, 3.63) is 39.9 Å². The van der Waals surface area contributed by atoms with Crippen LogP contribution < -0.4 is 10.6 Å². The first-order valence-corrected chi connectivity index (χ1v) is 4.97. The summed E-state index contributed by atoms with van der Waals surface area (Å²) in [6.45, 7) is -0.00690. The topological polar surface area (TPSA) is 114 Å². The van der Waals surface area contributed by atoms with Crippen LogP contribution in [-0.4, -0.2) is 22.7 Å². The Labute approximate surface area is 101 Å². The Morgan fingerprint density at radius 2 is 1.78 bits per heavy atom. The Balaban J connectivity index is 2.16. The number of amides is 2. The van der Waals surface area contributed by atoms with Gasteiger partial charge in [-0.05, 0) is 0 Å². The number of rotatable bonds is 3. The second-order valence-corrected chi connectivity index (χ2v) is 3.46. The molecule has 18 heavy (non-hydrogen) atoms. The molecule has 0 saturated carbocycles. The van der Waals surface area contributed by atoms with Crippen LogP contribution in [0.3, 0.4) is 0 Å². The van der Waals surface area contributed by atoms with Crippen molar-refractivity contribution < 1.29 is 14.5 Å². The molecule has 0 unspecified atom stereocenters. The third kappa shape index (κ3) is 2.32. The third-order valence-electron chi connectivity index (χ3n) is 2.27. The van der Waals surface area contributed by atoms with Gasteiger partial charge in [0.15, 0.2) is 0 Å². The number of nitro groups is 1.